The first-order valence-electron chi connectivity index (χ1n) is 6.51. The SMILES string of the molecule is CN1CCC(C#N)(NC(=O)c2cc3sccc3s2)CC1. The highest BCUT2D eigenvalue weighted by Crippen LogP contribution is 2.30. The number of carbonyl (C=O) groups excluding carboxylic acids is 1. The van der Waals surface area contributed by atoms with Crippen molar-refractivity contribution >= 4 is 38.0 Å². The maximum Gasteiger partial charge on any atom is 0.262 e. The van der Waals surface area contributed by atoms with Crippen LogP contribution in [-0.2, 0) is 0 Å². The lowest BCUT2D eigenvalue weighted by Crippen LogP contribution is -2.53. The highest BCUT2D eigenvalue weighted by atomic mass is 32.1. The molecule has 1 N–H and O–H groups in total. The van der Waals surface area contributed by atoms with Gasteiger partial charge in [0.2, 0.25) is 0 Å². The zero-order valence-corrected chi connectivity index (χ0v) is 12.8. The van der Waals surface area contributed by atoms with E-state index in [1.165, 1.54) is 11.3 Å². The smallest absolute Gasteiger partial charge is 0.262 e. The molecule has 1 saturated heterocycles. The van der Waals surface area contributed by atoms with Crippen molar-refractivity contribution in [2.24, 2.45) is 0 Å². The number of rotatable bonds is 2. The number of nitriles is 1. The Kier molecular flexibility index (Phi) is 3.50. The van der Waals surface area contributed by atoms with E-state index in [1.54, 1.807) is 11.3 Å². The molecule has 0 unspecified atom stereocenters. The molecule has 0 radical (unpaired) electrons. The number of thiophene rings is 2. The number of nitrogens with one attached hydrogen (secondary N) is 1. The van der Waals surface area contributed by atoms with Gasteiger partial charge in [-0.15, -0.1) is 22.7 Å². The quantitative estimate of drug-likeness (QED) is 0.928. The zero-order valence-electron chi connectivity index (χ0n) is 11.2. The highest BCUT2D eigenvalue weighted by Gasteiger charge is 2.35. The largest absolute Gasteiger partial charge is 0.333 e. The summed E-state index contributed by atoms with van der Waals surface area (Å²) in [5, 5.41) is 14.4. The Labute approximate surface area is 125 Å². The van der Waals surface area contributed by atoms with E-state index in [0.717, 1.165) is 22.5 Å². The normalized spacial score (nSPS) is 18.8. The van der Waals surface area contributed by atoms with Crippen LogP contribution in [0.15, 0.2) is 17.5 Å². The number of fused-ring (bicyclic) bond motifs is 1. The molecule has 4 nitrogen and oxygen atoms in total. The first-order chi connectivity index (χ1) is 9.62. The minimum atomic E-state index is -0.707. The molecule has 0 saturated carbocycles. The summed E-state index contributed by atoms with van der Waals surface area (Å²) in [5.41, 5.74) is -0.707. The Bertz CT molecular complexity index is 645. The van der Waals surface area contributed by atoms with Gasteiger partial charge in [0.1, 0.15) is 5.54 Å². The molecule has 0 aromatic carbocycles. The molecule has 6 heteroatoms. The average molecular weight is 305 g/mol. The molecule has 104 valence electrons. The number of piperidine rings is 1. The molecule has 0 atom stereocenters. The molecule has 20 heavy (non-hydrogen) atoms. The van der Waals surface area contributed by atoms with Crippen LogP contribution in [0.5, 0.6) is 0 Å². The Morgan fingerprint density at radius 2 is 2.20 bits per heavy atom. The molecule has 1 aliphatic rings. The zero-order chi connectivity index (χ0) is 14.2. The third-order valence-corrected chi connectivity index (χ3v) is 5.86. The van der Waals surface area contributed by atoms with Crippen molar-refractivity contribution in [1.29, 1.82) is 5.26 Å². The Hall–Kier alpha value is -1.42. The molecule has 3 heterocycles. The van der Waals surface area contributed by atoms with Crippen LogP contribution in [0, 0.1) is 11.3 Å². The first-order valence-corrected chi connectivity index (χ1v) is 8.21. The van der Waals surface area contributed by atoms with Gasteiger partial charge >= 0.3 is 0 Å². The number of hydrogen-bond donors (Lipinski definition) is 1. The molecule has 0 spiro atoms. The summed E-state index contributed by atoms with van der Waals surface area (Å²) in [5.74, 6) is -0.121. The monoisotopic (exact) mass is 305 g/mol. The van der Waals surface area contributed by atoms with Crippen molar-refractivity contribution in [2.75, 3.05) is 20.1 Å². The summed E-state index contributed by atoms with van der Waals surface area (Å²) in [6.07, 6.45) is 1.37. The Morgan fingerprint density at radius 1 is 1.45 bits per heavy atom. The fourth-order valence-electron chi connectivity index (χ4n) is 2.42. The standard InChI is InChI=1S/C14H15N3OS2/c1-17-5-3-14(9-15,4-6-17)16-13(18)12-8-11-10(20-12)2-7-19-11/h2,7-8H,3-6H2,1H3,(H,16,18). The van der Waals surface area contributed by atoms with E-state index in [1.807, 2.05) is 24.6 Å². The van der Waals surface area contributed by atoms with Crippen LogP contribution < -0.4 is 5.32 Å². The van der Waals surface area contributed by atoms with E-state index in [4.69, 9.17) is 0 Å². The Balaban J connectivity index is 1.77. The number of nitrogens with zero attached hydrogens (tertiary/aromatic N) is 2. The first kappa shape index (κ1) is 13.6. The summed E-state index contributed by atoms with van der Waals surface area (Å²) in [7, 11) is 2.04. The molecule has 2 aromatic rings. The van der Waals surface area contributed by atoms with E-state index in [2.05, 4.69) is 16.3 Å². The van der Waals surface area contributed by atoms with Crippen molar-refractivity contribution < 1.29 is 4.79 Å². The number of carbonyl (C=O) groups is 1. The number of amides is 1. The molecule has 1 fully saturated rings. The number of hydrogen-bond acceptors (Lipinski definition) is 5. The summed E-state index contributed by atoms with van der Waals surface area (Å²) in [6.45, 7) is 1.68. The van der Waals surface area contributed by atoms with Crippen LogP contribution in [0.1, 0.15) is 22.5 Å². The van der Waals surface area contributed by atoms with Crippen molar-refractivity contribution in [3.8, 4) is 6.07 Å². The Morgan fingerprint density at radius 3 is 2.85 bits per heavy atom. The van der Waals surface area contributed by atoms with E-state index >= 15 is 0 Å². The molecule has 0 bridgehead atoms. The van der Waals surface area contributed by atoms with E-state index in [9.17, 15) is 10.1 Å². The van der Waals surface area contributed by atoms with Gasteiger partial charge in [0.25, 0.3) is 5.91 Å². The van der Waals surface area contributed by atoms with Crippen LogP contribution in [0.4, 0.5) is 0 Å². The fraction of sp³-hybridized carbons (Fsp3) is 0.429. The minimum absolute atomic E-state index is 0.121. The molecule has 2 aromatic heterocycles. The lowest BCUT2D eigenvalue weighted by atomic mass is 9.89. The number of likely N-dealkylation sites (tertiary alicyclic amines) is 1. The van der Waals surface area contributed by atoms with Crippen molar-refractivity contribution in [3.05, 3.63) is 22.4 Å². The average Bonchev–Trinajstić information content (AvgIpc) is 3.02. The van der Waals surface area contributed by atoms with Gasteiger partial charge in [-0.05, 0) is 37.4 Å². The van der Waals surface area contributed by atoms with Crippen LogP contribution >= 0.6 is 22.7 Å². The second-order valence-electron chi connectivity index (χ2n) is 5.21. The second kappa shape index (κ2) is 5.17. The lowest BCUT2D eigenvalue weighted by molar-refractivity contribution is 0.0886. The van der Waals surface area contributed by atoms with Gasteiger partial charge in [-0.1, -0.05) is 0 Å². The summed E-state index contributed by atoms with van der Waals surface area (Å²) >= 11 is 3.12. The predicted molar refractivity (Wildman–Crippen MR) is 82.2 cm³/mol. The van der Waals surface area contributed by atoms with E-state index in [0.29, 0.717) is 17.7 Å². The van der Waals surface area contributed by atoms with Gasteiger partial charge < -0.3 is 10.2 Å². The van der Waals surface area contributed by atoms with Gasteiger partial charge in [-0.25, -0.2) is 0 Å². The summed E-state index contributed by atoms with van der Waals surface area (Å²) in [4.78, 5) is 15.2. The van der Waals surface area contributed by atoms with Crippen LogP contribution in [0.25, 0.3) is 9.40 Å². The molecule has 0 aliphatic carbocycles. The van der Waals surface area contributed by atoms with Gasteiger partial charge in [-0.3, -0.25) is 4.79 Å². The van der Waals surface area contributed by atoms with Gasteiger partial charge in [-0.2, -0.15) is 5.26 Å². The van der Waals surface area contributed by atoms with E-state index < -0.39 is 5.54 Å². The molecular weight excluding hydrogens is 290 g/mol. The van der Waals surface area contributed by atoms with Gasteiger partial charge in [0.15, 0.2) is 0 Å². The minimum Gasteiger partial charge on any atom is -0.333 e. The summed E-state index contributed by atoms with van der Waals surface area (Å²) in [6, 6.07) is 6.26. The fourth-order valence-corrected chi connectivity index (χ4v) is 4.43. The summed E-state index contributed by atoms with van der Waals surface area (Å²) < 4.78 is 2.27. The van der Waals surface area contributed by atoms with Crippen molar-refractivity contribution in [2.45, 2.75) is 18.4 Å². The third kappa shape index (κ3) is 2.44. The second-order valence-corrected chi connectivity index (χ2v) is 7.24. The molecule has 3 rings (SSSR count). The van der Waals surface area contributed by atoms with Crippen LogP contribution in [-0.4, -0.2) is 36.5 Å². The lowest BCUT2D eigenvalue weighted by Gasteiger charge is -2.35. The van der Waals surface area contributed by atoms with Gasteiger partial charge in [0.05, 0.1) is 10.9 Å². The van der Waals surface area contributed by atoms with Crippen molar-refractivity contribution in [1.82, 2.24) is 10.2 Å². The van der Waals surface area contributed by atoms with Crippen LogP contribution in [0.2, 0.25) is 0 Å². The predicted octanol–water partition coefficient (Wildman–Crippen LogP) is 2.68. The molecule has 1 aliphatic heterocycles. The van der Waals surface area contributed by atoms with Crippen LogP contribution in [0.3, 0.4) is 0 Å². The molecule has 1 amide bonds. The molecular formula is C14H15N3OS2. The topological polar surface area (TPSA) is 56.1 Å². The van der Waals surface area contributed by atoms with Crippen molar-refractivity contribution in [3.63, 3.8) is 0 Å². The highest BCUT2D eigenvalue weighted by molar-refractivity contribution is 7.27. The maximum atomic E-state index is 12.4. The van der Waals surface area contributed by atoms with E-state index in [-0.39, 0.29) is 5.91 Å². The maximum absolute atomic E-state index is 12.4. The third-order valence-electron chi connectivity index (χ3n) is 3.77. The van der Waals surface area contributed by atoms with Gasteiger partial charge in [0, 0.05) is 22.5 Å².